The predicted octanol–water partition coefficient (Wildman–Crippen LogP) is 5.16. The maximum atomic E-state index is 12.3. The predicted molar refractivity (Wildman–Crippen MR) is 97.5 cm³/mol. The summed E-state index contributed by atoms with van der Waals surface area (Å²) in [5, 5.41) is 14.7. The van der Waals surface area contributed by atoms with Crippen molar-refractivity contribution in [1.29, 1.82) is 0 Å². The van der Waals surface area contributed by atoms with Crippen LogP contribution in [0.5, 0.6) is 0 Å². The Morgan fingerprint density at radius 1 is 1.17 bits per heavy atom. The molecule has 1 N–H and O–H groups in total. The van der Waals surface area contributed by atoms with Gasteiger partial charge in [0.05, 0.1) is 17.2 Å². The van der Waals surface area contributed by atoms with E-state index in [-0.39, 0.29) is 23.8 Å². The van der Waals surface area contributed by atoms with E-state index in [9.17, 15) is 14.9 Å². The number of nitrogens with one attached hydrogen (secondary N) is 1. The van der Waals surface area contributed by atoms with Crippen molar-refractivity contribution < 1.29 is 14.1 Å². The lowest BCUT2D eigenvalue weighted by molar-refractivity contribution is -0.385. The van der Waals surface area contributed by atoms with Gasteiger partial charge in [-0.1, -0.05) is 18.2 Å². The van der Waals surface area contributed by atoms with E-state index in [2.05, 4.69) is 37.2 Å². The number of ketones is 1. The second-order valence-electron chi connectivity index (χ2n) is 4.97. The average Bonchev–Trinajstić information content (AvgIpc) is 2.97. The Balaban J connectivity index is 1.78. The summed E-state index contributed by atoms with van der Waals surface area (Å²) in [6, 6.07) is 11.8. The molecule has 24 heavy (non-hydrogen) atoms. The fourth-order valence-electron chi connectivity index (χ4n) is 2.21. The molecule has 122 valence electrons. The molecule has 0 atom stereocenters. The third-order valence-electron chi connectivity index (χ3n) is 3.36. The second-order valence-corrected chi connectivity index (χ2v) is 6.68. The van der Waals surface area contributed by atoms with Gasteiger partial charge < -0.3 is 9.73 Å². The number of anilines is 1. The topological polar surface area (TPSA) is 85.4 Å². The molecule has 8 heteroatoms. The molecule has 0 radical (unpaired) electrons. The van der Waals surface area contributed by atoms with Crippen LogP contribution in [0.2, 0.25) is 0 Å². The van der Waals surface area contributed by atoms with Crippen molar-refractivity contribution in [3.63, 3.8) is 0 Å². The number of carbonyl (C=O) groups is 1. The van der Waals surface area contributed by atoms with E-state index in [1.165, 1.54) is 12.1 Å². The third kappa shape index (κ3) is 3.34. The first-order valence-corrected chi connectivity index (χ1v) is 8.43. The van der Waals surface area contributed by atoms with E-state index in [1.54, 1.807) is 12.1 Å². The first-order valence-electron chi connectivity index (χ1n) is 6.85. The number of para-hydroxylation sites is 1. The van der Waals surface area contributed by atoms with Gasteiger partial charge in [0, 0.05) is 26.5 Å². The minimum absolute atomic E-state index is 0.00513. The van der Waals surface area contributed by atoms with E-state index < -0.39 is 4.92 Å². The Morgan fingerprint density at radius 3 is 2.46 bits per heavy atom. The van der Waals surface area contributed by atoms with Gasteiger partial charge in [-0.2, -0.15) is 0 Å². The highest BCUT2D eigenvalue weighted by molar-refractivity contribution is 9.11. The number of Topliss-reactive ketones (excluding diaryl/α,β-unsaturated/α-hetero) is 1. The van der Waals surface area contributed by atoms with Gasteiger partial charge >= 0.3 is 0 Å². The van der Waals surface area contributed by atoms with Crippen LogP contribution in [0.15, 0.2) is 55.8 Å². The van der Waals surface area contributed by atoms with Gasteiger partial charge in [0.1, 0.15) is 5.58 Å². The highest BCUT2D eigenvalue weighted by Crippen LogP contribution is 2.35. The molecule has 2 aromatic carbocycles. The number of nitro groups is 1. The molecule has 0 amide bonds. The Labute approximate surface area is 153 Å². The zero-order valence-corrected chi connectivity index (χ0v) is 15.3. The lowest BCUT2D eigenvalue weighted by Crippen LogP contribution is -2.14. The zero-order chi connectivity index (χ0) is 17.3. The van der Waals surface area contributed by atoms with Crippen LogP contribution in [-0.4, -0.2) is 17.3 Å². The normalized spacial score (nSPS) is 10.8. The van der Waals surface area contributed by atoms with Gasteiger partial charge in [-0.05, 0) is 44.0 Å². The lowest BCUT2D eigenvalue weighted by Gasteiger charge is -2.09. The van der Waals surface area contributed by atoms with Gasteiger partial charge in [-0.15, -0.1) is 0 Å². The SMILES string of the molecule is O=C(CNc1c(Br)cc([N+](=O)[O-])cc1Br)c1cc2ccccc2o1. The van der Waals surface area contributed by atoms with Crippen molar-refractivity contribution in [3.05, 3.63) is 67.3 Å². The number of carbonyl (C=O) groups excluding carboxylic acids is 1. The molecule has 3 aromatic rings. The quantitative estimate of drug-likeness (QED) is 0.327. The van der Waals surface area contributed by atoms with Crippen molar-refractivity contribution >= 4 is 60.0 Å². The fourth-order valence-corrected chi connectivity index (χ4v) is 3.65. The number of rotatable bonds is 5. The Hall–Kier alpha value is -2.19. The molecule has 0 aliphatic heterocycles. The number of hydrogen-bond acceptors (Lipinski definition) is 5. The van der Waals surface area contributed by atoms with Gasteiger partial charge in [0.2, 0.25) is 5.78 Å². The van der Waals surface area contributed by atoms with Crippen LogP contribution < -0.4 is 5.32 Å². The standard InChI is InChI=1S/C16H10Br2N2O4/c17-11-6-10(20(22)23)7-12(18)16(11)19-8-13(21)15-5-9-3-1-2-4-14(9)24-15/h1-7,19H,8H2. The molecule has 0 aliphatic carbocycles. The van der Waals surface area contributed by atoms with E-state index >= 15 is 0 Å². The molecule has 0 saturated heterocycles. The molecule has 0 bridgehead atoms. The van der Waals surface area contributed by atoms with Crippen LogP contribution in [0.3, 0.4) is 0 Å². The molecule has 0 spiro atoms. The van der Waals surface area contributed by atoms with Crippen LogP contribution in [0.25, 0.3) is 11.0 Å². The number of furan rings is 1. The van der Waals surface area contributed by atoms with Crippen LogP contribution in [0, 0.1) is 10.1 Å². The smallest absolute Gasteiger partial charge is 0.271 e. The molecule has 0 unspecified atom stereocenters. The van der Waals surface area contributed by atoms with Gasteiger partial charge in [-0.25, -0.2) is 0 Å². The second kappa shape index (κ2) is 6.74. The van der Waals surface area contributed by atoms with E-state index in [4.69, 9.17) is 4.42 Å². The van der Waals surface area contributed by atoms with E-state index in [0.29, 0.717) is 20.2 Å². The number of hydrogen-bond donors (Lipinski definition) is 1. The minimum Gasteiger partial charge on any atom is -0.453 e. The minimum atomic E-state index is -0.487. The Kier molecular flexibility index (Phi) is 4.68. The summed E-state index contributed by atoms with van der Waals surface area (Å²) in [6.45, 7) is -0.00513. The van der Waals surface area contributed by atoms with Crippen molar-refractivity contribution in [2.75, 3.05) is 11.9 Å². The number of nitrogens with zero attached hydrogens (tertiary/aromatic N) is 1. The number of fused-ring (bicyclic) bond motifs is 1. The monoisotopic (exact) mass is 452 g/mol. The maximum absolute atomic E-state index is 12.3. The molecule has 0 saturated carbocycles. The Morgan fingerprint density at radius 2 is 1.83 bits per heavy atom. The molecule has 0 aliphatic rings. The van der Waals surface area contributed by atoms with Gasteiger partial charge in [0.25, 0.3) is 5.69 Å². The van der Waals surface area contributed by atoms with Crippen molar-refractivity contribution in [2.24, 2.45) is 0 Å². The first-order chi connectivity index (χ1) is 11.5. The summed E-state index contributed by atoms with van der Waals surface area (Å²) in [4.78, 5) is 22.6. The van der Waals surface area contributed by atoms with Gasteiger partial charge in [0.15, 0.2) is 5.76 Å². The summed E-state index contributed by atoms with van der Waals surface area (Å²) in [5.41, 5.74) is 1.16. The maximum Gasteiger partial charge on any atom is 0.271 e. The summed E-state index contributed by atoms with van der Waals surface area (Å²) >= 11 is 6.54. The van der Waals surface area contributed by atoms with Crippen LogP contribution >= 0.6 is 31.9 Å². The molecule has 1 aromatic heterocycles. The van der Waals surface area contributed by atoms with Crippen molar-refractivity contribution in [3.8, 4) is 0 Å². The fraction of sp³-hybridized carbons (Fsp3) is 0.0625. The highest BCUT2D eigenvalue weighted by atomic mass is 79.9. The Bertz CT molecular complexity index is 896. The van der Waals surface area contributed by atoms with Crippen molar-refractivity contribution in [1.82, 2.24) is 0 Å². The number of non-ortho nitro benzene ring substituents is 1. The summed E-state index contributed by atoms with van der Waals surface area (Å²) < 4.78 is 6.50. The molecule has 0 fully saturated rings. The molecular formula is C16H10Br2N2O4. The first kappa shape index (κ1) is 16.7. The van der Waals surface area contributed by atoms with Crippen molar-refractivity contribution in [2.45, 2.75) is 0 Å². The van der Waals surface area contributed by atoms with Crippen LogP contribution in [0.1, 0.15) is 10.6 Å². The van der Waals surface area contributed by atoms with Crippen LogP contribution in [0.4, 0.5) is 11.4 Å². The molecule has 1 heterocycles. The lowest BCUT2D eigenvalue weighted by atomic mass is 10.2. The summed E-state index contributed by atoms with van der Waals surface area (Å²) in [6.07, 6.45) is 0. The number of benzene rings is 2. The summed E-state index contributed by atoms with van der Waals surface area (Å²) in [7, 11) is 0. The summed E-state index contributed by atoms with van der Waals surface area (Å²) in [5.74, 6) is 0.0428. The van der Waals surface area contributed by atoms with Crippen LogP contribution in [-0.2, 0) is 0 Å². The third-order valence-corrected chi connectivity index (χ3v) is 4.61. The highest BCUT2D eigenvalue weighted by Gasteiger charge is 2.16. The number of nitro benzene ring substituents is 1. The molecule has 6 nitrogen and oxygen atoms in total. The molecule has 3 rings (SSSR count). The average molecular weight is 454 g/mol. The zero-order valence-electron chi connectivity index (χ0n) is 12.1. The largest absolute Gasteiger partial charge is 0.453 e. The number of halogens is 2. The van der Waals surface area contributed by atoms with E-state index in [0.717, 1.165) is 5.39 Å². The van der Waals surface area contributed by atoms with E-state index in [1.807, 2.05) is 18.2 Å². The van der Waals surface area contributed by atoms with Gasteiger partial charge in [-0.3, -0.25) is 14.9 Å². The molecular weight excluding hydrogens is 444 g/mol.